The monoisotopic (exact) mass is 243 g/mol. The molecule has 0 heterocycles. The van der Waals surface area contributed by atoms with E-state index in [1.165, 1.54) is 25.3 Å². The highest BCUT2D eigenvalue weighted by Crippen LogP contribution is 2.31. The summed E-state index contributed by atoms with van der Waals surface area (Å²) in [5.41, 5.74) is -0.667. The lowest BCUT2D eigenvalue weighted by Gasteiger charge is -2.34. The fraction of sp³-hybridized carbons (Fsp3) is 0.538. The molecule has 1 atom stereocenters. The van der Waals surface area contributed by atoms with Gasteiger partial charge in [-0.25, -0.2) is 8.78 Å². The van der Waals surface area contributed by atoms with Crippen molar-refractivity contribution in [2.24, 2.45) is 0 Å². The summed E-state index contributed by atoms with van der Waals surface area (Å²) in [7, 11) is 1.53. The first-order valence-corrected chi connectivity index (χ1v) is 5.66. The van der Waals surface area contributed by atoms with Crippen LogP contribution < -0.4 is 5.32 Å². The number of rotatable bonds is 5. The molecule has 17 heavy (non-hydrogen) atoms. The molecule has 0 saturated carbocycles. The Bertz CT molecular complexity index is 359. The van der Waals surface area contributed by atoms with Crippen molar-refractivity contribution in [3.63, 3.8) is 0 Å². The third kappa shape index (κ3) is 3.01. The average Bonchev–Trinajstić information content (AvgIpc) is 2.27. The van der Waals surface area contributed by atoms with Crippen LogP contribution in [0.2, 0.25) is 0 Å². The Hall–Kier alpha value is -1.00. The SMILES string of the molecule is CCNC(c1c(F)cccc1F)C(C)(C)OC. The van der Waals surface area contributed by atoms with Gasteiger partial charge in [-0.05, 0) is 32.5 Å². The van der Waals surface area contributed by atoms with E-state index in [9.17, 15) is 8.78 Å². The Morgan fingerprint density at radius 3 is 2.24 bits per heavy atom. The molecule has 0 radical (unpaired) electrons. The lowest BCUT2D eigenvalue weighted by Crippen LogP contribution is -2.41. The number of hydrogen-bond acceptors (Lipinski definition) is 2. The van der Waals surface area contributed by atoms with Crippen molar-refractivity contribution in [3.8, 4) is 0 Å². The molecule has 0 aliphatic heterocycles. The van der Waals surface area contributed by atoms with Gasteiger partial charge in [-0.15, -0.1) is 0 Å². The van der Waals surface area contributed by atoms with Crippen molar-refractivity contribution in [2.75, 3.05) is 13.7 Å². The molecule has 0 aromatic heterocycles. The molecule has 0 aliphatic carbocycles. The third-order valence-corrected chi connectivity index (χ3v) is 2.92. The summed E-state index contributed by atoms with van der Waals surface area (Å²) < 4.78 is 32.8. The van der Waals surface area contributed by atoms with E-state index in [0.717, 1.165) is 0 Å². The Morgan fingerprint density at radius 2 is 1.82 bits per heavy atom. The van der Waals surface area contributed by atoms with Crippen LogP contribution in [0.1, 0.15) is 32.4 Å². The summed E-state index contributed by atoms with van der Waals surface area (Å²) in [5.74, 6) is -1.11. The number of hydrogen-bond donors (Lipinski definition) is 1. The molecule has 1 unspecified atom stereocenters. The van der Waals surface area contributed by atoms with Gasteiger partial charge in [-0.2, -0.15) is 0 Å². The van der Waals surface area contributed by atoms with Crippen molar-refractivity contribution in [1.82, 2.24) is 5.32 Å². The maximum absolute atomic E-state index is 13.8. The van der Waals surface area contributed by atoms with E-state index in [4.69, 9.17) is 4.74 Å². The van der Waals surface area contributed by atoms with Crippen LogP contribution in [0.5, 0.6) is 0 Å². The normalized spacial score (nSPS) is 13.8. The molecule has 4 heteroatoms. The highest BCUT2D eigenvalue weighted by Gasteiger charge is 2.33. The largest absolute Gasteiger partial charge is 0.377 e. The van der Waals surface area contributed by atoms with Crippen LogP contribution >= 0.6 is 0 Å². The van der Waals surface area contributed by atoms with E-state index in [2.05, 4.69) is 5.32 Å². The standard InChI is InChI=1S/C13H19F2NO/c1-5-16-12(13(2,3)17-4)11-9(14)7-6-8-10(11)15/h6-8,12,16H,5H2,1-4H3. The van der Waals surface area contributed by atoms with Gasteiger partial charge in [0.25, 0.3) is 0 Å². The summed E-state index contributed by atoms with van der Waals surface area (Å²) in [6, 6.07) is 3.35. The van der Waals surface area contributed by atoms with E-state index in [1.54, 1.807) is 13.8 Å². The first-order valence-electron chi connectivity index (χ1n) is 5.66. The van der Waals surface area contributed by atoms with E-state index in [1.807, 2.05) is 6.92 Å². The summed E-state index contributed by atoms with van der Waals surface area (Å²) in [6.07, 6.45) is 0. The predicted octanol–water partition coefficient (Wildman–Crippen LogP) is 3.04. The van der Waals surface area contributed by atoms with Gasteiger partial charge >= 0.3 is 0 Å². The van der Waals surface area contributed by atoms with Crippen LogP contribution in [0.15, 0.2) is 18.2 Å². The first kappa shape index (κ1) is 14.1. The summed E-state index contributed by atoms with van der Waals surface area (Å²) >= 11 is 0. The van der Waals surface area contributed by atoms with Crippen molar-refractivity contribution in [2.45, 2.75) is 32.4 Å². The number of likely N-dealkylation sites (N-methyl/N-ethyl adjacent to an activating group) is 1. The minimum absolute atomic E-state index is 0.0289. The zero-order valence-corrected chi connectivity index (χ0v) is 10.7. The Labute approximate surface area is 101 Å². The van der Waals surface area contributed by atoms with Crippen molar-refractivity contribution in [3.05, 3.63) is 35.4 Å². The van der Waals surface area contributed by atoms with Crippen molar-refractivity contribution < 1.29 is 13.5 Å². The lowest BCUT2D eigenvalue weighted by atomic mass is 9.90. The molecule has 0 spiro atoms. The molecule has 1 rings (SSSR count). The van der Waals surface area contributed by atoms with Gasteiger partial charge in [-0.3, -0.25) is 0 Å². The van der Waals surface area contributed by atoms with Crippen LogP contribution in [0, 0.1) is 11.6 Å². The molecule has 0 saturated heterocycles. The quantitative estimate of drug-likeness (QED) is 0.858. The van der Waals surface area contributed by atoms with E-state index >= 15 is 0 Å². The molecule has 2 nitrogen and oxygen atoms in total. The van der Waals surface area contributed by atoms with E-state index < -0.39 is 23.3 Å². The number of nitrogens with one attached hydrogen (secondary N) is 1. The van der Waals surface area contributed by atoms with Gasteiger partial charge in [-0.1, -0.05) is 13.0 Å². The molecule has 0 fully saturated rings. The van der Waals surface area contributed by atoms with Gasteiger partial charge in [0.1, 0.15) is 11.6 Å². The molecular weight excluding hydrogens is 224 g/mol. The maximum Gasteiger partial charge on any atom is 0.131 e. The molecular formula is C13H19F2NO. The minimum Gasteiger partial charge on any atom is -0.377 e. The smallest absolute Gasteiger partial charge is 0.131 e. The number of halogens is 2. The number of ether oxygens (including phenoxy) is 1. The summed E-state index contributed by atoms with van der Waals surface area (Å²) in [4.78, 5) is 0. The topological polar surface area (TPSA) is 21.3 Å². The van der Waals surface area contributed by atoms with E-state index in [0.29, 0.717) is 6.54 Å². The van der Waals surface area contributed by atoms with Crippen LogP contribution in [0.3, 0.4) is 0 Å². The predicted molar refractivity (Wildman–Crippen MR) is 63.9 cm³/mol. The van der Waals surface area contributed by atoms with Crippen LogP contribution in [-0.4, -0.2) is 19.3 Å². The van der Waals surface area contributed by atoms with Gasteiger partial charge < -0.3 is 10.1 Å². The molecule has 0 amide bonds. The highest BCUT2D eigenvalue weighted by molar-refractivity contribution is 5.25. The van der Waals surface area contributed by atoms with Gasteiger partial charge in [0.2, 0.25) is 0 Å². The molecule has 0 aliphatic rings. The number of methoxy groups -OCH3 is 1. The Balaban J connectivity index is 3.23. The van der Waals surface area contributed by atoms with Crippen LogP contribution in [0.25, 0.3) is 0 Å². The van der Waals surface area contributed by atoms with Gasteiger partial charge in [0.05, 0.1) is 11.6 Å². The van der Waals surface area contributed by atoms with Crippen LogP contribution in [-0.2, 0) is 4.74 Å². The van der Waals surface area contributed by atoms with Crippen molar-refractivity contribution in [1.29, 1.82) is 0 Å². The Kier molecular flexibility index (Phi) is 4.60. The fourth-order valence-electron chi connectivity index (χ4n) is 1.80. The maximum atomic E-state index is 13.8. The van der Waals surface area contributed by atoms with Crippen LogP contribution in [0.4, 0.5) is 8.78 Å². The van der Waals surface area contributed by atoms with Crippen molar-refractivity contribution >= 4 is 0 Å². The lowest BCUT2D eigenvalue weighted by molar-refractivity contribution is -0.0126. The Morgan fingerprint density at radius 1 is 1.29 bits per heavy atom. The molecule has 96 valence electrons. The summed E-state index contributed by atoms with van der Waals surface area (Å²) in [5, 5.41) is 3.07. The molecule has 0 bridgehead atoms. The highest BCUT2D eigenvalue weighted by atomic mass is 19.1. The summed E-state index contributed by atoms with van der Waals surface area (Å²) in [6.45, 7) is 6.08. The number of benzene rings is 1. The average molecular weight is 243 g/mol. The molecule has 1 N–H and O–H groups in total. The van der Waals surface area contributed by atoms with E-state index in [-0.39, 0.29) is 5.56 Å². The first-order chi connectivity index (χ1) is 7.94. The second-order valence-electron chi connectivity index (χ2n) is 4.43. The zero-order chi connectivity index (χ0) is 13.1. The van der Waals surface area contributed by atoms with Gasteiger partial charge in [0.15, 0.2) is 0 Å². The molecule has 1 aromatic carbocycles. The second-order valence-corrected chi connectivity index (χ2v) is 4.43. The second kappa shape index (κ2) is 5.56. The zero-order valence-electron chi connectivity index (χ0n) is 10.7. The third-order valence-electron chi connectivity index (χ3n) is 2.92. The van der Waals surface area contributed by atoms with Gasteiger partial charge in [0, 0.05) is 12.7 Å². The molecule has 1 aromatic rings. The fourth-order valence-corrected chi connectivity index (χ4v) is 1.80. The minimum atomic E-state index is -0.695.